The second-order valence-electron chi connectivity index (χ2n) is 7.91. The van der Waals surface area contributed by atoms with Crippen molar-refractivity contribution in [3.05, 3.63) is 82.7 Å². The summed E-state index contributed by atoms with van der Waals surface area (Å²) in [5, 5.41) is 1.37. The lowest BCUT2D eigenvalue weighted by Crippen LogP contribution is -2.11. The van der Waals surface area contributed by atoms with E-state index in [1.807, 2.05) is 18.2 Å². The fourth-order valence-corrected chi connectivity index (χ4v) is 4.14. The molecule has 0 spiro atoms. The standard InChI is InChI=1S/C25H22F4N2O/c1-2-3-5-15-8-10-18-22(12-15)31(21-7-4-6-19(23(18)21)24(30)32)14-16-13-17(25(27,28)29)9-11-20(16)26/h4,6-13H,2-3,5,14H2,1H3,(H2,30,32). The van der Waals surface area contributed by atoms with Gasteiger partial charge in [-0.1, -0.05) is 31.5 Å². The fourth-order valence-electron chi connectivity index (χ4n) is 4.14. The zero-order chi connectivity index (χ0) is 23.0. The first-order valence-electron chi connectivity index (χ1n) is 10.4. The molecule has 0 bridgehead atoms. The number of amides is 1. The summed E-state index contributed by atoms with van der Waals surface area (Å²) in [7, 11) is 0. The van der Waals surface area contributed by atoms with Crippen molar-refractivity contribution in [2.45, 2.75) is 38.9 Å². The predicted octanol–water partition coefficient (Wildman–Crippen LogP) is 6.44. The van der Waals surface area contributed by atoms with Crippen molar-refractivity contribution >= 4 is 27.7 Å². The van der Waals surface area contributed by atoms with Crippen LogP contribution in [0.1, 0.15) is 46.8 Å². The lowest BCUT2D eigenvalue weighted by molar-refractivity contribution is -0.137. The number of primary amides is 1. The van der Waals surface area contributed by atoms with Crippen molar-refractivity contribution < 1.29 is 22.4 Å². The summed E-state index contributed by atoms with van der Waals surface area (Å²) in [5.41, 5.74) is 7.31. The Morgan fingerprint density at radius 1 is 1.03 bits per heavy atom. The Morgan fingerprint density at radius 2 is 1.81 bits per heavy atom. The molecule has 0 aliphatic heterocycles. The highest BCUT2D eigenvalue weighted by molar-refractivity contribution is 6.18. The fraction of sp³-hybridized carbons (Fsp3) is 0.240. The summed E-state index contributed by atoms with van der Waals surface area (Å²) in [5.74, 6) is -1.32. The van der Waals surface area contributed by atoms with E-state index in [0.29, 0.717) is 16.5 Å². The number of hydrogen-bond donors (Lipinski definition) is 1. The smallest absolute Gasteiger partial charge is 0.366 e. The van der Waals surface area contributed by atoms with Gasteiger partial charge >= 0.3 is 6.18 Å². The molecule has 0 aliphatic carbocycles. The van der Waals surface area contributed by atoms with Gasteiger partial charge in [0.1, 0.15) is 5.82 Å². The third-order valence-corrected chi connectivity index (χ3v) is 5.74. The van der Waals surface area contributed by atoms with Crippen molar-refractivity contribution in [2.75, 3.05) is 0 Å². The van der Waals surface area contributed by atoms with Gasteiger partial charge in [0.25, 0.3) is 0 Å². The summed E-state index contributed by atoms with van der Waals surface area (Å²) < 4.78 is 56.0. The largest absolute Gasteiger partial charge is 0.416 e. The molecular formula is C25H22F4N2O. The number of nitrogens with zero attached hydrogens (tertiary/aromatic N) is 1. The third-order valence-electron chi connectivity index (χ3n) is 5.74. The van der Waals surface area contributed by atoms with E-state index in [-0.39, 0.29) is 12.1 Å². The van der Waals surface area contributed by atoms with Gasteiger partial charge in [-0.15, -0.1) is 0 Å². The number of rotatable bonds is 6. The van der Waals surface area contributed by atoms with Crippen LogP contribution < -0.4 is 5.73 Å². The minimum Gasteiger partial charge on any atom is -0.366 e. The van der Waals surface area contributed by atoms with Crippen molar-refractivity contribution in [1.82, 2.24) is 4.57 Å². The number of fused-ring (bicyclic) bond motifs is 3. The Hall–Kier alpha value is -3.35. The first-order valence-corrected chi connectivity index (χ1v) is 10.4. The van der Waals surface area contributed by atoms with Gasteiger partial charge < -0.3 is 10.3 Å². The molecule has 0 saturated carbocycles. The molecule has 1 amide bonds. The van der Waals surface area contributed by atoms with Gasteiger partial charge in [0.15, 0.2) is 0 Å². The topological polar surface area (TPSA) is 48.0 Å². The first kappa shape index (κ1) is 21.9. The van der Waals surface area contributed by atoms with Gasteiger partial charge in [0, 0.05) is 27.4 Å². The zero-order valence-electron chi connectivity index (χ0n) is 17.5. The van der Waals surface area contributed by atoms with Gasteiger partial charge in [-0.2, -0.15) is 13.2 Å². The molecule has 3 aromatic carbocycles. The van der Waals surface area contributed by atoms with Crippen LogP contribution in [0.5, 0.6) is 0 Å². The summed E-state index contributed by atoms with van der Waals surface area (Å²) >= 11 is 0. The van der Waals surface area contributed by atoms with Crippen molar-refractivity contribution in [2.24, 2.45) is 5.73 Å². The van der Waals surface area contributed by atoms with E-state index in [4.69, 9.17) is 5.73 Å². The van der Waals surface area contributed by atoms with Crippen LogP contribution in [-0.2, 0) is 19.1 Å². The van der Waals surface area contributed by atoms with Gasteiger partial charge in [-0.3, -0.25) is 4.79 Å². The van der Waals surface area contributed by atoms with Crippen LogP contribution in [0, 0.1) is 5.82 Å². The van der Waals surface area contributed by atoms with Crippen molar-refractivity contribution in [3.63, 3.8) is 0 Å². The molecule has 32 heavy (non-hydrogen) atoms. The predicted molar refractivity (Wildman–Crippen MR) is 117 cm³/mol. The summed E-state index contributed by atoms with van der Waals surface area (Å²) in [6.45, 7) is 1.97. The van der Waals surface area contributed by atoms with Crippen LogP contribution in [-0.4, -0.2) is 10.5 Å². The minimum atomic E-state index is -4.57. The van der Waals surface area contributed by atoms with Crippen LogP contribution in [0.15, 0.2) is 54.6 Å². The highest BCUT2D eigenvalue weighted by Crippen LogP contribution is 2.35. The number of hydrogen-bond acceptors (Lipinski definition) is 1. The maximum atomic E-state index is 14.5. The monoisotopic (exact) mass is 442 g/mol. The molecule has 0 aliphatic rings. The lowest BCUT2D eigenvalue weighted by atomic mass is 10.0. The molecule has 0 saturated heterocycles. The van der Waals surface area contributed by atoms with Crippen LogP contribution in [0.3, 0.4) is 0 Å². The number of alkyl halides is 3. The number of unbranched alkanes of at least 4 members (excludes halogenated alkanes) is 1. The molecule has 7 heteroatoms. The molecule has 1 aromatic heterocycles. The normalized spacial score (nSPS) is 12.0. The number of aromatic nitrogens is 1. The van der Waals surface area contributed by atoms with Gasteiger partial charge in [0.05, 0.1) is 17.6 Å². The number of carbonyl (C=O) groups is 1. The maximum Gasteiger partial charge on any atom is 0.416 e. The number of aryl methyl sites for hydroxylation is 1. The Bertz CT molecular complexity index is 1320. The zero-order valence-corrected chi connectivity index (χ0v) is 17.5. The first-order chi connectivity index (χ1) is 15.2. The van der Waals surface area contributed by atoms with Crippen LogP contribution in [0.2, 0.25) is 0 Å². The maximum absolute atomic E-state index is 14.5. The second-order valence-corrected chi connectivity index (χ2v) is 7.91. The van der Waals surface area contributed by atoms with E-state index < -0.39 is 23.5 Å². The SMILES string of the molecule is CCCCc1ccc2c3c(C(N)=O)cccc3n(Cc3cc(C(F)(F)F)ccc3F)c2c1. The van der Waals surface area contributed by atoms with Gasteiger partial charge in [-0.05, 0) is 54.8 Å². The number of carbonyl (C=O) groups excluding carboxylic acids is 1. The average molecular weight is 442 g/mol. The highest BCUT2D eigenvalue weighted by atomic mass is 19.4. The lowest BCUT2D eigenvalue weighted by Gasteiger charge is -2.13. The van der Waals surface area contributed by atoms with Crippen LogP contribution in [0.4, 0.5) is 17.6 Å². The van der Waals surface area contributed by atoms with E-state index in [2.05, 4.69) is 6.92 Å². The van der Waals surface area contributed by atoms with Gasteiger partial charge in [0.2, 0.25) is 5.91 Å². The molecule has 4 aromatic rings. The van der Waals surface area contributed by atoms with Crippen LogP contribution >= 0.6 is 0 Å². The molecule has 0 radical (unpaired) electrons. The van der Waals surface area contributed by atoms with Crippen molar-refractivity contribution in [1.29, 1.82) is 0 Å². The molecule has 3 nitrogen and oxygen atoms in total. The number of benzene rings is 3. The molecule has 1 heterocycles. The van der Waals surface area contributed by atoms with E-state index in [0.717, 1.165) is 53.9 Å². The Balaban J connectivity index is 1.96. The summed E-state index contributed by atoms with van der Waals surface area (Å²) in [6, 6.07) is 13.3. The van der Waals surface area contributed by atoms with E-state index in [1.165, 1.54) is 0 Å². The molecule has 0 unspecified atom stereocenters. The third kappa shape index (κ3) is 3.95. The molecule has 166 valence electrons. The molecule has 4 rings (SSSR count). The molecule has 2 N–H and O–H groups in total. The molecular weight excluding hydrogens is 420 g/mol. The van der Waals surface area contributed by atoms with E-state index in [9.17, 15) is 22.4 Å². The molecule has 0 fully saturated rings. The van der Waals surface area contributed by atoms with E-state index in [1.54, 1.807) is 22.8 Å². The number of halogens is 4. The molecule has 0 atom stereocenters. The van der Waals surface area contributed by atoms with Crippen molar-refractivity contribution in [3.8, 4) is 0 Å². The quantitative estimate of drug-likeness (QED) is 0.343. The Morgan fingerprint density at radius 3 is 2.50 bits per heavy atom. The van der Waals surface area contributed by atoms with Crippen LogP contribution in [0.25, 0.3) is 21.8 Å². The van der Waals surface area contributed by atoms with E-state index >= 15 is 0 Å². The average Bonchev–Trinajstić information content (AvgIpc) is 3.06. The number of nitrogens with two attached hydrogens (primary N) is 1. The minimum absolute atomic E-state index is 0.0814. The second kappa shape index (κ2) is 8.30. The summed E-state index contributed by atoms with van der Waals surface area (Å²) in [6.07, 6.45) is -1.73. The van der Waals surface area contributed by atoms with Gasteiger partial charge in [-0.25, -0.2) is 4.39 Å². The summed E-state index contributed by atoms with van der Waals surface area (Å²) in [4.78, 5) is 12.1. The Kier molecular flexibility index (Phi) is 5.67. The Labute approximate surface area is 182 Å². The highest BCUT2D eigenvalue weighted by Gasteiger charge is 2.31.